The average Bonchev–Trinajstić information content (AvgIpc) is 2.88. The van der Waals surface area contributed by atoms with Gasteiger partial charge in [0.05, 0.1) is 12.8 Å². The van der Waals surface area contributed by atoms with Gasteiger partial charge < -0.3 is 9.64 Å². The Morgan fingerprint density at radius 3 is 2.29 bits per heavy atom. The zero-order valence-corrected chi connectivity index (χ0v) is 21.7. The number of amides is 1. The number of hydrazone groups is 1. The smallest absolute Gasteiger partial charge is 0.271 e. The molecule has 0 radical (unpaired) electrons. The minimum atomic E-state index is -0.132. The number of hydrogen-bond acceptors (Lipinski definition) is 5. The first kappa shape index (κ1) is 25.2. The molecular weight excluding hydrogens is 436 g/mol. The standard InChI is InChI=1S/C29H40N4O2/c1-29(2,3)24-13-15-25(16-14-24)30-31-28(34)23-11-9-22(10-12-23)21-32-17-19-33(20-18-32)26-7-5-6-8-27(26)35-4/h5-12,24H,13-21H2,1-4H3,(H,31,34). The summed E-state index contributed by atoms with van der Waals surface area (Å²) in [6.45, 7) is 11.8. The third-order valence-corrected chi connectivity index (χ3v) is 7.52. The van der Waals surface area contributed by atoms with Crippen molar-refractivity contribution < 1.29 is 9.53 Å². The summed E-state index contributed by atoms with van der Waals surface area (Å²) in [5.41, 5.74) is 7.28. The van der Waals surface area contributed by atoms with Crippen molar-refractivity contribution in [1.82, 2.24) is 10.3 Å². The van der Waals surface area contributed by atoms with Crippen LogP contribution in [0, 0.1) is 11.3 Å². The Morgan fingerprint density at radius 1 is 1.00 bits per heavy atom. The van der Waals surface area contributed by atoms with Crippen molar-refractivity contribution in [3.05, 3.63) is 59.7 Å². The largest absolute Gasteiger partial charge is 0.495 e. The number of anilines is 1. The van der Waals surface area contributed by atoms with Crippen LogP contribution in [-0.4, -0.2) is 49.8 Å². The summed E-state index contributed by atoms with van der Waals surface area (Å²) in [5, 5.41) is 4.43. The number of hydrogen-bond donors (Lipinski definition) is 1. The molecule has 2 aromatic carbocycles. The third kappa shape index (κ3) is 6.63. The number of rotatable bonds is 6. The van der Waals surface area contributed by atoms with Crippen molar-refractivity contribution in [2.45, 2.75) is 53.0 Å². The molecule has 1 aliphatic heterocycles. The third-order valence-electron chi connectivity index (χ3n) is 7.52. The highest BCUT2D eigenvalue weighted by Gasteiger charge is 2.28. The maximum atomic E-state index is 12.6. The minimum Gasteiger partial charge on any atom is -0.495 e. The molecule has 1 saturated heterocycles. The van der Waals surface area contributed by atoms with Crippen LogP contribution in [0.2, 0.25) is 0 Å². The summed E-state index contributed by atoms with van der Waals surface area (Å²) < 4.78 is 5.52. The molecule has 6 nitrogen and oxygen atoms in total. The molecule has 0 unspecified atom stereocenters. The molecule has 4 rings (SSSR count). The molecule has 2 fully saturated rings. The van der Waals surface area contributed by atoms with Crippen LogP contribution in [0.25, 0.3) is 0 Å². The summed E-state index contributed by atoms with van der Waals surface area (Å²) in [5.74, 6) is 1.53. The first-order valence-electron chi connectivity index (χ1n) is 12.9. The van der Waals surface area contributed by atoms with Gasteiger partial charge in [0.1, 0.15) is 5.75 Å². The van der Waals surface area contributed by atoms with Crippen LogP contribution >= 0.6 is 0 Å². The van der Waals surface area contributed by atoms with E-state index in [1.54, 1.807) is 7.11 Å². The topological polar surface area (TPSA) is 57.2 Å². The first-order valence-corrected chi connectivity index (χ1v) is 12.9. The van der Waals surface area contributed by atoms with E-state index in [9.17, 15) is 4.79 Å². The number of benzene rings is 2. The lowest BCUT2D eigenvalue weighted by Gasteiger charge is -2.36. The van der Waals surface area contributed by atoms with E-state index < -0.39 is 0 Å². The van der Waals surface area contributed by atoms with Crippen LogP contribution < -0.4 is 15.1 Å². The van der Waals surface area contributed by atoms with E-state index in [4.69, 9.17) is 4.74 Å². The molecule has 1 aliphatic carbocycles. The number of ether oxygens (including phenoxy) is 1. The van der Waals surface area contributed by atoms with Crippen LogP contribution in [0.3, 0.4) is 0 Å². The monoisotopic (exact) mass is 476 g/mol. The van der Waals surface area contributed by atoms with Crippen LogP contribution in [-0.2, 0) is 6.54 Å². The van der Waals surface area contributed by atoms with Gasteiger partial charge in [-0.1, -0.05) is 45.0 Å². The van der Waals surface area contributed by atoms with E-state index in [1.165, 1.54) is 5.56 Å². The van der Waals surface area contributed by atoms with Crippen LogP contribution in [0.5, 0.6) is 5.75 Å². The van der Waals surface area contributed by atoms with Crippen molar-refractivity contribution in [1.29, 1.82) is 0 Å². The molecule has 0 atom stereocenters. The Labute approximate surface area is 210 Å². The van der Waals surface area contributed by atoms with E-state index in [1.807, 2.05) is 24.3 Å². The Morgan fingerprint density at radius 2 is 1.66 bits per heavy atom. The van der Waals surface area contributed by atoms with Crippen LogP contribution in [0.15, 0.2) is 53.6 Å². The minimum absolute atomic E-state index is 0.132. The normalized spacial score (nSPS) is 19.4. The highest BCUT2D eigenvalue weighted by molar-refractivity contribution is 5.95. The summed E-state index contributed by atoms with van der Waals surface area (Å²) in [7, 11) is 1.73. The van der Waals surface area contributed by atoms with Crippen molar-refractivity contribution in [2.24, 2.45) is 16.4 Å². The SMILES string of the molecule is COc1ccccc1N1CCN(Cc2ccc(C(=O)NN=C3CCC(C(C)(C)C)CC3)cc2)CC1. The fourth-order valence-electron chi connectivity index (χ4n) is 5.18. The maximum absolute atomic E-state index is 12.6. The van der Waals surface area contributed by atoms with Crippen LogP contribution in [0.4, 0.5) is 5.69 Å². The van der Waals surface area contributed by atoms with Gasteiger partial charge in [0.2, 0.25) is 0 Å². The van der Waals surface area contributed by atoms with Gasteiger partial charge in [0, 0.05) is 44.0 Å². The summed E-state index contributed by atoms with van der Waals surface area (Å²) in [4.78, 5) is 17.4. The predicted molar refractivity (Wildman–Crippen MR) is 143 cm³/mol. The average molecular weight is 477 g/mol. The van der Waals surface area contributed by atoms with E-state index in [2.05, 4.69) is 65.4 Å². The van der Waals surface area contributed by atoms with E-state index >= 15 is 0 Å². The fraction of sp³-hybridized carbons (Fsp3) is 0.517. The molecule has 0 bridgehead atoms. The van der Waals surface area contributed by atoms with Crippen molar-refractivity contribution in [3.8, 4) is 5.75 Å². The molecule has 1 amide bonds. The number of nitrogens with zero attached hydrogens (tertiary/aromatic N) is 3. The van der Waals surface area contributed by atoms with E-state index in [-0.39, 0.29) is 5.91 Å². The Hall–Kier alpha value is -2.86. The summed E-state index contributed by atoms with van der Waals surface area (Å²) >= 11 is 0. The second-order valence-corrected chi connectivity index (χ2v) is 10.9. The van der Waals surface area contributed by atoms with Crippen molar-refractivity contribution in [2.75, 3.05) is 38.2 Å². The lowest BCUT2D eigenvalue weighted by molar-refractivity contribution is 0.0954. The molecule has 188 valence electrons. The Balaban J connectivity index is 1.24. The van der Waals surface area contributed by atoms with Crippen molar-refractivity contribution in [3.63, 3.8) is 0 Å². The molecule has 6 heteroatoms. The Bertz CT molecular complexity index is 1010. The highest BCUT2D eigenvalue weighted by Crippen LogP contribution is 2.36. The van der Waals surface area contributed by atoms with Gasteiger partial charge in [-0.05, 0) is 66.8 Å². The number of para-hydroxylation sites is 2. The molecule has 0 spiro atoms. The fourth-order valence-corrected chi connectivity index (χ4v) is 5.18. The molecule has 35 heavy (non-hydrogen) atoms. The molecule has 2 aliphatic rings. The zero-order valence-electron chi connectivity index (χ0n) is 21.7. The van der Waals surface area contributed by atoms with Gasteiger partial charge in [0.25, 0.3) is 5.91 Å². The molecule has 0 aromatic heterocycles. The van der Waals surface area contributed by atoms with Gasteiger partial charge in [-0.3, -0.25) is 9.69 Å². The van der Waals surface area contributed by atoms with Gasteiger partial charge >= 0.3 is 0 Å². The van der Waals surface area contributed by atoms with Gasteiger partial charge in [-0.2, -0.15) is 5.10 Å². The highest BCUT2D eigenvalue weighted by atomic mass is 16.5. The van der Waals surface area contributed by atoms with Gasteiger partial charge in [-0.25, -0.2) is 5.43 Å². The predicted octanol–water partition coefficient (Wildman–Crippen LogP) is 5.34. The molecular formula is C29H40N4O2. The molecule has 1 heterocycles. The maximum Gasteiger partial charge on any atom is 0.271 e. The number of methoxy groups -OCH3 is 1. The zero-order chi connectivity index (χ0) is 24.8. The number of nitrogens with one attached hydrogen (secondary N) is 1. The first-order chi connectivity index (χ1) is 16.8. The Kier molecular flexibility index (Phi) is 8.11. The van der Waals surface area contributed by atoms with E-state index in [0.29, 0.717) is 11.0 Å². The summed E-state index contributed by atoms with van der Waals surface area (Å²) in [6.07, 6.45) is 4.26. The quantitative estimate of drug-likeness (QED) is 0.572. The van der Waals surface area contributed by atoms with Gasteiger partial charge in [-0.15, -0.1) is 0 Å². The summed E-state index contributed by atoms with van der Waals surface area (Å²) in [6, 6.07) is 16.1. The van der Waals surface area contributed by atoms with E-state index in [0.717, 1.165) is 81.5 Å². The molecule has 2 aromatic rings. The lowest BCUT2D eigenvalue weighted by atomic mass is 9.72. The number of carbonyl (C=O) groups excluding carboxylic acids is 1. The van der Waals surface area contributed by atoms with Crippen LogP contribution in [0.1, 0.15) is 62.4 Å². The lowest BCUT2D eigenvalue weighted by Crippen LogP contribution is -2.46. The second kappa shape index (κ2) is 11.3. The van der Waals surface area contributed by atoms with Crippen molar-refractivity contribution >= 4 is 17.3 Å². The number of piperazine rings is 1. The molecule has 1 N–H and O–H groups in total. The number of carbonyl (C=O) groups is 1. The second-order valence-electron chi connectivity index (χ2n) is 10.9. The van der Waals surface area contributed by atoms with Gasteiger partial charge in [0.15, 0.2) is 0 Å². The molecule has 1 saturated carbocycles.